The highest BCUT2D eigenvalue weighted by Gasteiger charge is 2.48. The highest BCUT2D eigenvalue weighted by Crippen LogP contribution is 2.45. The van der Waals surface area contributed by atoms with Gasteiger partial charge in [-0.1, -0.05) is 30.3 Å². The molecule has 2 aliphatic rings. The van der Waals surface area contributed by atoms with Crippen LogP contribution in [0.1, 0.15) is 40.6 Å². The first kappa shape index (κ1) is 23.1. The van der Waals surface area contributed by atoms with Crippen molar-refractivity contribution in [1.29, 1.82) is 0 Å². The lowest BCUT2D eigenvalue weighted by molar-refractivity contribution is -0.147. The molecule has 2 amide bonds. The van der Waals surface area contributed by atoms with E-state index in [2.05, 4.69) is 5.32 Å². The van der Waals surface area contributed by atoms with Crippen molar-refractivity contribution in [2.24, 2.45) is 0 Å². The average molecular weight is 468 g/mol. The van der Waals surface area contributed by atoms with Crippen molar-refractivity contribution >= 4 is 23.8 Å². The van der Waals surface area contributed by atoms with Crippen LogP contribution in [0.2, 0.25) is 0 Å². The molecule has 0 radical (unpaired) electrons. The van der Waals surface area contributed by atoms with Gasteiger partial charge in [-0.15, -0.1) is 0 Å². The van der Waals surface area contributed by atoms with Crippen LogP contribution in [-0.4, -0.2) is 60.1 Å². The number of nitrogens with zero attached hydrogens (tertiary/aromatic N) is 1. The van der Waals surface area contributed by atoms with Crippen LogP contribution in [0.3, 0.4) is 0 Å². The summed E-state index contributed by atoms with van der Waals surface area (Å²) in [7, 11) is 2.81. The number of esters is 1. The van der Waals surface area contributed by atoms with Gasteiger partial charge >= 0.3 is 11.9 Å². The van der Waals surface area contributed by atoms with Crippen LogP contribution in [0.15, 0.2) is 42.5 Å². The Morgan fingerprint density at radius 1 is 1.15 bits per heavy atom. The van der Waals surface area contributed by atoms with Gasteiger partial charge in [-0.25, -0.2) is 9.59 Å². The van der Waals surface area contributed by atoms with E-state index in [4.69, 9.17) is 14.2 Å². The van der Waals surface area contributed by atoms with Crippen molar-refractivity contribution in [3.63, 3.8) is 0 Å². The fourth-order valence-corrected chi connectivity index (χ4v) is 4.36. The predicted octanol–water partition coefficient (Wildman–Crippen LogP) is 1.68. The van der Waals surface area contributed by atoms with Crippen LogP contribution in [-0.2, 0) is 25.5 Å². The van der Waals surface area contributed by atoms with Crippen molar-refractivity contribution in [2.45, 2.75) is 37.6 Å². The molecule has 0 bridgehead atoms. The minimum absolute atomic E-state index is 0.0607. The minimum atomic E-state index is -1.19. The normalized spacial score (nSPS) is 19.9. The monoisotopic (exact) mass is 468 g/mol. The zero-order chi connectivity index (χ0) is 24.4. The lowest BCUT2D eigenvalue weighted by Gasteiger charge is -2.30. The molecule has 1 fully saturated rings. The number of nitrogens with one attached hydrogen (secondary N) is 1. The number of cyclic esters (lactones) is 1. The Balaban J connectivity index is 1.59. The third-order valence-electron chi connectivity index (χ3n) is 5.97. The van der Waals surface area contributed by atoms with Crippen molar-refractivity contribution in [2.75, 3.05) is 14.2 Å². The molecule has 2 unspecified atom stereocenters. The molecule has 2 N–H and O–H groups in total. The van der Waals surface area contributed by atoms with Crippen molar-refractivity contribution in [3.05, 3.63) is 59.2 Å². The molecule has 34 heavy (non-hydrogen) atoms. The third kappa shape index (κ3) is 4.14. The van der Waals surface area contributed by atoms with E-state index in [0.717, 1.165) is 5.56 Å². The Morgan fingerprint density at radius 2 is 1.88 bits per heavy atom. The zero-order valence-corrected chi connectivity index (χ0v) is 18.6. The Labute approximate surface area is 195 Å². The lowest BCUT2D eigenvalue weighted by Crippen LogP contribution is -2.51. The SMILES string of the molecule is COc1ccc2c(c1OC)C(=O)OC2N1C(=O)CC[C@H]1C(=O)NC(Cc1ccccc1)C(=O)O. The molecule has 0 aromatic heterocycles. The largest absolute Gasteiger partial charge is 0.493 e. The van der Waals surface area contributed by atoms with E-state index in [9.17, 15) is 24.3 Å². The number of fused-ring (bicyclic) bond motifs is 1. The highest BCUT2D eigenvalue weighted by atomic mass is 16.6. The maximum absolute atomic E-state index is 13.1. The van der Waals surface area contributed by atoms with Gasteiger partial charge < -0.3 is 24.6 Å². The topological polar surface area (TPSA) is 131 Å². The van der Waals surface area contributed by atoms with Gasteiger partial charge in [0, 0.05) is 18.4 Å². The number of likely N-dealkylation sites (tertiary alicyclic amines) is 1. The highest BCUT2D eigenvalue weighted by molar-refractivity contribution is 5.99. The van der Waals surface area contributed by atoms with Crippen molar-refractivity contribution in [3.8, 4) is 11.5 Å². The second-order valence-corrected chi connectivity index (χ2v) is 7.97. The summed E-state index contributed by atoms with van der Waals surface area (Å²) in [6.07, 6.45) is -0.823. The Hall–Kier alpha value is -4.08. The summed E-state index contributed by atoms with van der Waals surface area (Å²) in [6.45, 7) is 0. The van der Waals surface area contributed by atoms with Crippen LogP contribution >= 0.6 is 0 Å². The van der Waals surface area contributed by atoms with Gasteiger partial charge in [0.05, 0.1) is 14.2 Å². The number of amides is 2. The smallest absolute Gasteiger partial charge is 0.344 e. The summed E-state index contributed by atoms with van der Waals surface area (Å²) in [6, 6.07) is 9.90. The standard InChI is InChI=1S/C24H24N2O8/c1-32-17-10-8-14-19(20(17)33-2)24(31)34-22(14)26-16(9-11-18(26)27)21(28)25-15(23(29)30)12-13-6-4-3-5-7-13/h3-8,10,15-16,22H,9,11-12H2,1-2H3,(H,25,28)(H,29,30)/t15?,16-,22?/m0/s1. The molecule has 2 aliphatic heterocycles. The van der Waals surface area contributed by atoms with Gasteiger partial charge in [-0.2, -0.15) is 0 Å². The first-order valence-electron chi connectivity index (χ1n) is 10.7. The number of hydrogen-bond acceptors (Lipinski definition) is 7. The fraction of sp³-hybridized carbons (Fsp3) is 0.333. The molecule has 2 heterocycles. The summed E-state index contributed by atoms with van der Waals surface area (Å²) in [4.78, 5) is 51.6. The molecule has 2 aromatic rings. The number of benzene rings is 2. The van der Waals surface area contributed by atoms with E-state index in [-0.39, 0.29) is 36.5 Å². The van der Waals surface area contributed by atoms with Crippen LogP contribution in [0, 0.1) is 0 Å². The number of carbonyl (C=O) groups excluding carboxylic acids is 3. The second-order valence-electron chi connectivity index (χ2n) is 7.97. The minimum Gasteiger partial charge on any atom is -0.493 e. The van der Waals surface area contributed by atoms with Crippen molar-refractivity contribution < 1.29 is 38.5 Å². The molecule has 0 aliphatic carbocycles. The van der Waals surface area contributed by atoms with Gasteiger partial charge in [-0.3, -0.25) is 14.5 Å². The first-order chi connectivity index (χ1) is 16.3. The molecule has 3 atom stereocenters. The Morgan fingerprint density at radius 3 is 2.53 bits per heavy atom. The van der Waals surface area contributed by atoms with Crippen LogP contribution in [0.4, 0.5) is 0 Å². The van der Waals surface area contributed by atoms with E-state index in [1.54, 1.807) is 36.4 Å². The van der Waals surface area contributed by atoms with Gasteiger partial charge in [-0.05, 0) is 24.1 Å². The number of carboxylic acids is 1. The number of hydrogen-bond donors (Lipinski definition) is 2. The van der Waals surface area contributed by atoms with E-state index < -0.39 is 36.2 Å². The molecule has 2 aromatic carbocycles. The predicted molar refractivity (Wildman–Crippen MR) is 117 cm³/mol. The second kappa shape index (κ2) is 9.42. The van der Waals surface area contributed by atoms with Gasteiger partial charge in [0.1, 0.15) is 17.6 Å². The summed E-state index contributed by atoms with van der Waals surface area (Å²) in [5.74, 6) is -2.40. The summed E-state index contributed by atoms with van der Waals surface area (Å²) >= 11 is 0. The number of carbonyl (C=O) groups is 4. The number of rotatable bonds is 8. The van der Waals surface area contributed by atoms with Crippen LogP contribution in [0.25, 0.3) is 0 Å². The van der Waals surface area contributed by atoms with Crippen molar-refractivity contribution in [1.82, 2.24) is 10.2 Å². The lowest BCUT2D eigenvalue weighted by atomic mass is 10.0. The molecule has 10 nitrogen and oxygen atoms in total. The van der Waals surface area contributed by atoms with E-state index in [1.165, 1.54) is 19.1 Å². The van der Waals surface area contributed by atoms with Gasteiger partial charge in [0.15, 0.2) is 11.5 Å². The molecule has 0 saturated carbocycles. The summed E-state index contributed by atoms with van der Waals surface area (Å²) < 4.78 is 16.0. The zero-order valence-electron chi connectivity index (χ0n) is 18.6. The van der Waals surface area contributed by atoms with E-state index in [0.29, 0.717) is 11.3 Å². The maximum atomic E-state index is 13.1. The molecule has 178 valence electrons. The third-order valence-corrected chi connectivity index (χ3v) is 5.97. The van der Waals surface area contributed by atoms with E-state index >= 15 is 0 Å². The average Bonchev–Trinajstić information content (AvgIpc) is 3.37. The quantitative estimate of drug-likeness (QED) is 0.560. The molecule has 4 rings (SSSR count). The summed E-state index contributed by atoms with van der Waals surface area (Å²) in [5.41, 5.74) is 1.24. The van der Waals surface area contributed by atoms with Gasteiger partial charge in [0.2, 0.25) is 18.0 Å². The maximum Gasteiger partial charge on any atom is 0.344 e. The van der Waals surface area contributed by atoms with Crippen LogP contribution in [0.5, 0.6) is 11.5 Å². The van der Waals surface area contributed by atoms with Crippen LogP contribution < -0.4 is 14.8 Å². The summed E-state index contributed by atoms with van der Waals surface area (Å²) in [5, 5.41) is 12.2. The Bertz CT molecular complexity index is 1130. The number of aliphatic carboxylic acids is 1. The Kier molecular flexibility index (Phi) is 6.40. The molecule has 0 spiro atoms. The molecule has 1 saturated heterocycles. The number of methoxy groups -OCH3 is 2. The molecule has 10 heteroatoms. The molecular formula is C24H24N2O8. The first-order valence-corrected chi connectivity index (χ1v) is 10.7. The number of ether oxygens (including phenoxy) is 3. The van der Waals surface area contributed by atoms with E-state index in [1.807, 2.05) is 6.07 Å². The van der Waals surface area contributed by atoms with Gasteiger partial charge in [0.25, 0.3) is 0 Å². The fourth-order valence-electron chi connectivity index (χ4n) is 4.36. The number of carboxylic acid groups (broad SMARTS) is 1. The molecular weight excluding hydrogens is 444 g/mol.